The van der Waals surface area contributed by atoms with Crippen molar-refractivity contribution in [1.29, 1.82) is 0 Å². The molecule has 4 aliphatic rings. The topological polar surface area (TPSA) is 49.7 Å². The van der Waals surface area contributed by atoms with Crippen LogP contribution in [0.4, 0.5) is 8.78 Å². The maximum atomic E-state index is 13.6. The van der Waals surface area contributed by atoms with E-state index < -0.39 is 24.3 Å². The quantitative estimate of drug-likeness (QED) is 0.684. The van der Waals surface area contributed by atoms with Crippen LogP contribution in [0.25, 0.3) is 0 Å². The van der Waals surface area contributed by atoms with E-state index in [4.69, 9.17) is 0 Å². The molecule has 0 radical (unpaired) electrons. The van der Waals surface area contributed by atoms with Crippen LogP contribution < -0.4 is 0 Å². The lowest BCUT2D eigenvalue weighted by Crippen LogP contribution is -2.52. The number of carbonyl (C=O) groups is 2. The molecule has 6 unspecified atom stereocenters. The molecule has 0 N–H and O–H groups in total. The SMILES string of the molecule is O=C1C2=NC3CC(F)CCC3C(=O)N2C2CCC(F)CC12. The predicted molar refractivity (Wildman–Crippen MR) is 71.3 cm³/mol. The van der Waals surface area contributed by atoms with Crippen molar-refractivity contribution in [2.75, 3.05) is 0 Å². The van der Waals surface area contributed by atoms with E-state index in [-0.39, 0.29) is 42.3 Å². The Balaban J connectivity index is 1.70. The number of aliphatic imine (C=N–C) groups is 1. The Hall–Kier alpha value is -1.33. The number of alkyl halides is 2. The molecule has 6 heteroatoms. The molecule has 2 aliphatic heterocycles. The maximum absolute atomic E-state index is 13.6. The first kappa shape index (κ1) is 13.3. The van der Waals surface area contributed by atoms with Crippen molar-refractivity contribution in [3.05, 3.63) is 0 Å². The van der Waals surface area contributed by atoms with Crippen molar-refractivity contribution < 1.29 is 18.4 Å². The van der Waals surface area contributed by atoms with E-state index >= 15 is 0 Å². The average Bonchev–Trinajstić information content (AvgIpc) is 2.72. The fourth-order valence-electron chi connectivity index (χ4n) is 4.39. The van der Waals surface area contributed by atoms with Gasteiger partial charge in [-0.2, -0.15) is 0 Å². The van der Waals surface area contributed by atoms with E-state index in [0.29, 0.717) is 25.7 Å². The number of fused-ring (bicyclic) bond motifs is 4. The van der Waals surface area contributed by atoms with Gasteiger partial charge < -0.3 is 0 Å². The summed E-state index contributed by atoms with van der Waals surface area (Å²) in [5.74, 6) is -0.863. The van der Waals surface area contributed by atoms with Crippen LogP contribution in [0.3, 0.4) is 0 Å². The molecule has 6 atom stereocenters. The Morgan fingerprint density at radius 3 is 2.48 bits per heavy atom. The number of hydrogen-bond donors (Lipinski definition) is 0. The smallest absolute Gasteiger partial charge is 0.233 e. The first-order chi connectivity index (χ1) is 10.1. The summed E-state index contributed by atoms with van der Waals surface area (Å²) < 4.78 is 27.1. The number of halogens is 2. The van der Waals surface area contributed by atoms with Gasteiger partial charge in [0.05, 0.1) is 12.0 Å². The summed E-state index contributed by atoms with van der Waals surface area (Å²) in [6, 6.07) is -0.627. The highest BCUT2D eigenvalue weighted by molar-refractivity contribution is 6.44. The molecule has 1 amide bonds. The molecule has 1 saturated heterocycles. The molecule has 2 heterocycles. The predicted octanol–water partition coefficient (Wildman–Crippen LogP) is 1.82. The van der Waals surface area contributed by atoms with Gasteiger partial charge in [0.15, 0.2) is 5.84 Å². The Bertz CT molecular complexity index is 536. The lowest BCUT2D eigenvalue weighted by Gasteiger charge is -2.39. The second-order valence-corrected chi connectivity index (χ2v) is 6.69. The van der Waals surface area contributed by atoms with E-state index in [9.17, 15) is 18.4 Å². The highest BCUT2D eigenvalue weighted by Crippen LogP contribution is 2.42. The van der Waals surface area contributed by atoms with Gasteiger partial charge in [-0.25, -0.2) is 8.78 Å². The van der Waals surface area contributed by atoms with Crippen molar-refractivity contribution >= 4 is 17.5 Å². The molecule has 4 nitrogen and oxygen atoms in total. The van der Waals surface area contributed by atoms with Gasteiger partial charge in [0.25, 0.3) is 0 Å². The van der Waals surface area contributed by atoms with Gasteiger partial charge in [0.1, 0.15) is 12.3 Å². The first-order valence-electron chi connectivity index (χ1n) is 7.79. The summed E-state index contributed by atoms with van der Waals surface area (Å²) in [6.45, 7) is 0. The lowest BCUT2D eigenvalue weighted by atomic mass is 9.81. The number of carbonyl (C=O) groups excluding carboxylic acids is 2. The Kier molecular flexibility index (Phi) is 2.91. The number of Topliss-reactive ketones (excluding diaryl/α,β-unsaturated/α-hetero) is 1. The molecule has 3 fully saturated rings. The number of rotatable bonds is 0. The van der Waals surface area contributed by atoms with Crippen LogP contribution >= 0.6 is 0 Å². The van der Waals surface area contributed by atoms with Gasteiger partial charge in [-0.15, -0.1) is 0 Å². The van der Waals surface area contributed by atoms with Crippen molar-refractivity contribution in [2.45, 2.75) is 63.0 Å². The minimum atomic E-state index is -0.968. The zero-order chi connectivity index (χ0) is 14.7. The van der Waals surface area contributed by atoms with Crippen LogP contribution in [-0.4, -0.2) is 46.9 Å². The van der Waals surface area contributed by atoms with Crippen LogP contribution in [0.15, 0.2) is 4.99 Å². The minimum absolute atomic E-state index is 0.0879. The van der Waals surface area contributed by atoms with Gasteiger partial charge in [0.2, 0.25) is 11.7 Å². The normalized spacial score (nSPS) is 45.8. The van der Waals surface area contributed by atoms with Crippen LogP contribution in [0.5, 0.6) is 0 Å². The molecular weight excluding hydrogens is 278 g/mol. The van der Waals surface area contributed by atoms with Gasteiger partial charge in [-0.05, 0) is 32.1 Å². The van der Waals surface area contributed by atoms with Crippen molar-refractivity contribution in [3.63, 3.8) is 0 Å². The van der Waals surface area contributed by atoms with Crippen LogP contribution in [0.1, 0.15) is 38.5 Å². The van der Waals surface area contributed by atoms with Gasteiger partial charge in [-0.3, -0.25) is 19.5 Å². The van der Waals surface area contributed by atoms with E-state index in [0.717, 1.165) is 0 Å². The monoisotopic (exact) mass is 296 g/mol. The second kappa shape index (κ2) is 4.58. The summed E-state index contributed by atoms with van der Waals surface area (Å²) in [5.41, 5.74) is 0. The van der Waals surface area contributed by atoms with Gasteiger partial charge in [0, 0.05) is 18.4 Å². The number of amides is 1. The lowest BCUT2D eigenvalue weighted by molar-refractivity contribution is -0.136. The maximum Gasteiger partial charge on any atom is 0.233 e. The van der Waals surface area contributed by atoms with E-state index in [2.05, 4.69) is 4.99 Å². The Morgan fingerprint density at radius 1 is 0.952 bits per heavy atom. The summed E-state index contributed by atoms with van der Waals surface area (Å²) in [7, 11) is 0. The summed E-state index contributed by atoms with van der Waals surface area (Å²) in [6.07, 6.45) is 0.302. The van der Waals surface area contributed by atoms with Crippen LogP contribution in [0, 0.1) is 11.8 Å². The molecule has 0 aromatic heterocycles. The largest absolute Gasteiger partial charge is 0.290 e. The highest BCUT2D eigenvalue weighted by Gasteiger charge is 2.55. The third kappa shape index (κ3) is 1.87. The molecule has 0 bridgehead atoms. The molecular formula is C15H18F2N2O2. The fraction of sp³-hybridized carbons (Fsp3) is 0.800. The van der Waals surface area contributed by atoms with E-state index in [1.807, 2.05) is 0 Å². The summed E-state index contributed by atoms with van der Waals surface area (Å²) in [5, 5.41) is 0. The summed E-state index contributed by atoms with van der Waals surface area (Å²) >= 11 is 0. The zero-order valence-corrected chi connectivity index (χ0v) is 11.7. The molecule has 2 aliphatic carbocycles. The zero-order valence-electron chi connectivity index (χ0n) is 11.7. The molecule has 21 heavy (non-hydrogen) atoms. The number of ketones is 1. The van der Waals surface area contributed by atoms with E-state index in [1.54, 1.807) is 0 Å². The van der Waals surface area contributed by atoms with Crippen molar-refractivity contribution in [3.8, 4) is 0 Å². The number of hydrogen-bond acceptors (Lipinski definition) is 3. The Labute approximate surface area is 121 Å². The Morgan fingerprint density at radius 2 is 1.67 bits per heavy atom. The highest BCUT2D eigenvalue weighted by atomic mass is 19.1. The van der Waals surface area contributed by atoms with Crippen LogP contribution in [-0.2, 0) is 9.59 Å². The average molecular weight is 296 g/mol. The van der Waals surface area contributed by atoms with Gasteiger partial charge >= 0.3 is 0 Å². The third-order valence-corrected chi connectivity index (χ3v) is 5.46. The van der Waals surface area contributed by atoms with Crippen LogP contribution in [0.2, 0.25) is 0 Å². The number of nitrogens with zero attached hydrogens (tertiary/aromatic N) is 2. The second-order valence-electron chi connectivity index (χ2n) is 6.69. The molecule has 0 spiro atoms. The number of amidine groups is 1. The molecule has 4 rings (SSSR count). The van der Waals surface area contributed by atoms with Crippen molar-refractivity contribution in [2.24, 2.45) is 16.8 Å². The fourth-order valence-corrected chi connectivity index (χ4v) is 4.39. The first-order valence-corrected chi connectivity index (χ1v) is 7.79. The third-order valence-electron chi connectivity index (χ3n) is 5.46. The minimum Gasteiger partial charge on any atom is -0.290 e. The standard InChI is InChI=1S/C15H18F2N2O2/c16-7-2-4-12-10(5-7)13(20)14-18-11-6-8(17)1-3-9(11)15(21)19(12)14/h7-12H,1-6H2. The van der Waals surface area contributed by atoms with Gasteiger partial charge in [-0.1, -0.05) is 0 Å². The van der Waals surface area contributed by atoms with Crippen molar-refractivity contribution in [1.82, 2.24) is 4.90 Å². The molecule has 2 saturated carbocycles. The summed E-state index contributed by atoms with van der Waals surface area (Å²) in [4.78, 5) is 31.1. The molecule has 0 aromatic carbocycles. The molecule has 114 valence electrons. The van der Waals surface area contributed by atoms with E-state index in [1.165, 1.54) is 4.90 Å². The molecule has 0 aromatic rings.